The molecule has 1 fully saturated rings. The van der Waals surface area contributed by atoms with Crippen LogP contribution < -0.4 is 21.9 Å². The number of aromatic nitrogens is 2. The van der Waals surface area contributed by atoms with Crippen molar-refractivity contribution in [3.8, 4) is 0 Å². The van der Waals surface area contributed by atoms with Crippen LogP contribution in [0.2, 0.25) is 0 Å². The molecule has 144 valence electrons. The lowest BCUT2D eigenvalue weighted by atomic mass is 10.2. The third-order valence-corrected chi connectivity index (χ3v) is 4.71. The Morgan fingerprint density at radius 3 is 2.81 bits per heavy atom. The monoisotopic (exact) mass is 390 g/mol. The second-order valence-corrected chi connectivity index (χ2v) is 6.87. The van der Waals surface area contributed by atoms with Gasteiger partial charge in [0, 0.05) is 31.3 Å². The number of hydrogen-bond acceptors (Lipinski definition) is 5. The van der Waals surface area contributed by atoms with E-state index in [2.05, 4.69) is 15.6 Å². The molecule has 27 heavy (non-hydrogen) atoms. The van der Waals surface area contributed by atoms with Crippen molar-refractivity contribution in [2.75, 3.05) is 6.54 Å². The molecule has 9 heteroatoms. The van der Waals surface area contributed by atoms with Gasteiger partial charge in [0.1, 0.15) is 12.3 Å². The molecule has 1 aromatic carbocycles. The molecule has 0 radical (unpaired) electrons. The predicted molar refractivity (Wildman–Crippen MR) is 104 cm³/mol. The minimum absolute atomic E-state index is 0.252. The molecular formula is C18H22N4O4S. The summed E-state index contributed by atoms with van der Waals surface area (Å²) in [5.74, 6) is 0. The van der Waals surface area contributed by atoms with Crippen molar-refractivity contribution in [1.82, 2.24) is 20.2 Å². The lowest BCUT2D eigenvalue weighted by Gasteiger charge is -2.18. The molecule has 1 aliphatic heterocycles. The Hall–Kier alpha value is -2.49. The summed E-state index contributed by atoms with van der Waals surface area (Å²) in [5.41, 5.74) is 0.520. The minimum atomic E-state index is -0.751. The number of benzene rings is 1. The van der Waals surface area contributed by atoms with Crippen molar-refractivity contribution in [2.24, 2.45) is 0 Å². The number of hydrogen-bond donors (Lipinski definition) is 4. The van der Waals surface area contributed by atoms with Crippen LogP contribution >= 0.6 is 12.2 Å². The van der Waals surface area contributed by atoms with E-state index in [1.807, 2.05) is 30.3 Å². The van der Waals surface area contributed by atoms with E-state index in [-0.39, 0.29) is 6.42 Å². The van der Waals surface area contributed by atoms with E-state index < -0.39 is 29.7 Å². The zero-order valence-corrected chi connectivity index (χ0v) is 15.7. The van der Waals surface area contributed by atoms with E-state index in [0.717, 1.165) is 5.56 Å². The lowest BCUT2D eigenvalue weighted by Crippen LogP contribution is -2.42. The summed E-state index contributed by atoms with van der Waals surface area (Å²) in [6.07, 6.45) is -0.215. The number of aryl methyl sites for hydroxylation is 1. The zero-order valence-electron chi connectivity index (χ0n) is 14.8. The van der Waals surface area contributed by atoms with Gasteiger partial charge in [-0.3, -0.25) is 14.3 Å². The molecule has 2 heterocycles. The summed E-state index contributed by atoms with van der Waals surface area (Å²) in [6, 6.07) is 9.85. The third-order valence-electron chi connectivity index (χ3n) is 4.42. The SMILES string of the molecule is Cc1cn([C@@H]2C[C@H](O)[C@@H](CNC(=S)NCc3ccccc3)O2)c(=O)[nH]c1=O. The van der Waals surface area contributed by atoms with Crippen LogP contribution in [0.5, 0.6) is 0 Å². The standard InChI is InChI=1S/C18H22N4O4S/c1-11-10-22(18(25)21-16(11)24)15-7-13(23)14(26-15)9-20-17(27)19-8-12-5-3-2-4-6-12/h2-6,10,13-15,23H,7-9H2,1H3,(H2,19,20,27)(H,21,24,25)/t13-,14+,15-/m0/s1. The predicted octanol–water partition coefficient (Wildman–Crippen LogP) is 0.158. The highest BCUT2D eigenvalue weighted by molar-refractivity contribution is 7.80. The van der Waals surface area contributed by atoms with Crippen LogP contribution in [0.4, 0.5) is 0 Å². The van der Waals surface area contributed by atoms with E-state index in [1.165, 1.54) is 10.8 Å². The highest BCUT2D eigenvalue weighted by Crippen LogP contribution is 2.27. The molecule has 0 amide bonds. The van der Waals surface area contributed by atoms with Crippen molar-refractivity contribution < 1.29 is 9.84 Å². The number of nitrogens with zero attached hydrogens (tertiary/aromatic N) is 1. The number of aromatic amines is 1. The Balaban J connectivity index is 1.53. The zero-order chi connectivity index (χ0) is 19.4. The molecule has 1 saturated heterocycles. The van der Waals surface area contributed by atoms with E-state index in [1.54, 1.807) is 6.92 Å². The van der Waals surface area contributed by atoms with Gasteiger partial charge in [0.05, 0.1) is 6.10 Å². The van der Waals surface area contributed by atoms with Gasteiger partial charge in [0.15, 0.2) is 5.11 Å². The van der Waals surface area contributed by atoms with Crippen LogP contribution in [0, 0.1) is 6.92 Å². The Bertz CT molecular complexity index is 912. The fourth-order valence-electron chi connectivity index (χ4n) is 2.90. The van der Waals surface area contributed by atoms with Gasteiger partial charge in [-0.2, -0.15) is 0 Å². The minimum Gasteiger partial charge on any atom is -0.390 e. The van der Waals surface area contributed by atoms with Crippen LogP contribution in [0.3, 0.4) is 0 Å². The van der Waals surface area contributed by atoms with Gasteiger partial charge < -0.3 is 20.5 Å². The number of aliphatic hydroxyl groups is 1. The number of H-pyrrole nitrogens is 1. The highest BCUT2D eigenvalue weighted by Gasteiger charge is 2.35. The van der Waals surface area contributed by atoms with E-state index in [9.17, 15) is 14.7 Å². The first-order valence-electron chi connectivity index (χ1n) is 8.65. The van der Waals surface area contributed by atoms with Crippen LogP contribution in [-0.2, 0) is 11.3 Å². The Labute approximate surface area is 161 Å². The molecule has 8 nitrogen and oxygen atoms in total. The maximum Gasteiger partial charge on any atom is 0.330 e. The smallest absolute Gasteiger partial charge is 0.330 e. The molecule has 1 aliphatic rings. The first kappa shape index (κ1) is 19.3. The van der Waals surface area contributed by atoms with E-state index >= 15 is 0 Å². The van der Waals surface area contributed by atoms with Crippen molar-refractivity contribution in [1.29, 1.82) is 0 Å². The Kier molecular flexibility index (Phi) is 6.04. The molecule has 0 spiro atoms. The molecule has 3 rings (SSSR count). The van der Waals surface area contributed by atoms with Crippen molar-refractivity contribution in [3.05, 3.63) is 68.5 Å². The largest absolute Gasteiger partial charge is 0.390 e. The van der Waals surface area contributed by atoms with Crippen molar-refractivity contribution in [2.45, 2.75) is 38.3 Å². The molecule has 0 unspecified atom stereocenters. The van der Waals surface area contributed by atoms with Crippen LogP contribution in [-0.4, -0.2) is 38.5 Å². The number of ether oxygens (including phenoxy) is 1. The highest BCUT2D eigenvalue weighted by atomic mass is 32.1. The van der Waals surface area contributed by atoms with E-state index in [0.29, 0.717) is 23.8 Å². The molecule has 2 aromatic rings. The topological polar surface area (TPSA) is 108 Å². The molecule has 1 aromatic heterocycles. The summed E-state index contributed by atoms with van der Waals surface area (Å²) >= 11 is 5.25. The molecule has 3 atom stereocenters. The lowest BCUT2D eigenvalue weighted by molar-refractivity contribution is -0.0173. The molecule has 4 N–H and O–H groups in total. The van der Waals surface area contributed by atoms with Crippen molar-refractivity contribution >= 4 is 17.3 Å². The average Bonchev–Trinajstić information content (AvgIpc) is 3.02. The number of aliphatic hydroxyl groups excluding tert-OH is 1. The van der Waals surface area contributed by atoms with E-state index in [4.69, 9.17) is 17.0 Å². The normalized spacial score (nSPS) is 21.8. The summed E-state index contributed by atoms with van der Waals surface area (Å²) < 4.78 is 7.09. The Morgan fingerprint density at radius 2 is 2.07 bits per heavy atom. The average molecular weight is 390 g/mol. The van der Waals surface area contributed by atoms with Crippen molar-refractivity contribution in [3.63, 3.8) is 0 Å². The van der Waals surface area contributed by atoms with Gasteiger partial charge in [-0.15, -0.1) is 0 Å². The van der Waals surface area contributed by atoms with Gasteiger partial charge in [0.25, 0.3) is 5.56 Å². The maximum absolute atomic E-state index is 12.0. The van der Waals surface area contributed by atoms with Crippen LogP contribution in [0.1, 0.15) is 23.8 Å². The quantitative estimate of drug-likeness (QED) is 0.539. The third kappa shape index (κ3) is 4.82. The number of nitrogens with one attached hydrogen (secondary N) is 3. The van der Waals surface area contributed by atoms with Gasteiger partial charge in [-0.25, -0.2) is 4.79 Å². The summed E-state index contributed by atoms with van der Waals surface area (Å²) in [5, 5.41) is 16.8. The number of rotatable bonds is 5. The molecule has 0 saturated carbocycles. The van der Waals surface area contributed by atoms with Gasteiger partial charge >= 0.3 is 5.69 Å². The summed E-state index contributed by atoms with van der Waals surface area (Å²) in [4.78, 5) is 25.7. The number of thiocarbonyl (C=S) groups is 1. The maximum atomic E-state index is 12.0. The molecule has 0 bridgehead atoms. The van der Waals surface area contributed by atoms with Gasteiger partial charge in [-0.05, 0) is 24.7 Å². The fourth-order valence-corrected chi connectivity index (χ4v) is 3.06. The van der Waals surface area contributed by atoms with Crippen LogP contribution in [0.15, 0.2) is 46.1 Å². The van der Waals surface area contributed by atoms with Gasteiger partial charge in [0.2, 0.25) is 0 Å². The van der Waals surface area contributed by atoms with Crippen LogP contribution in [0.25, 0.3) is 0 Å². The van der Waals surface area contributed by atoms with Gasteiger partial charge in [-0.1, -0.05) is 30.3 Å². The Morgan fingerprint density at radius 1 is 1.33 bits per heavy atom. The second-order valence-electron chi connectivity index (χ2n) is 6.46. The first-order valence-corrected chi connectivity index (χ1v) is 9.06. The molecule has 0 aliphatic carbocycles. The second kappa shape index (κ2) is 8.47. The fraction of sp³-hybridized carbons (Fsp3) is 0.389. The summed E-state index contributed by atoms with van der Waals surface area (Å²) in [7, 11) is 0. The first-order chi connectivity index (χ1) is 12.9. The summed E-state index contributed by atoms with van der Waals surface area (Å²) in [6.45, 7) is 2.50. The molecular weight excluding hydrogens is 368 g/mol.